The van der Waals surface area contributed by atoms with Crippen molar-refractivity contribution in [3.8, 4) is 17.2 Å². The van der Waals surface area contributed by atoms with Gasteiger partial charge in [0, 0.05) is 100.0 Å². The van der Waals surface area contributed by atoms with Crippen LogP contribution in [0.25, 0.3) is 0 Å². The Hall–Kier alpha value is -2.64. The Balaban J connectivity index is 0.000000130. The number of aryl methyl sites for hydroxylation is 1. The van der Waals surface area contributed by atoms with Crippen LogP contribution in [0.3, 0.4) is 0 Å². The van der Waals surface area contributed by atoms with Crippen LogP contribution in [0.1, 0.15) is 168 Å². The van der Waals surface area contributed by atoms with E-state index in [0.29, 0.717) is 33.9 Å². The molecule has 12 unspecified atom stereocenters. The highest BCUT2D eigenvalue weighted by molar-refractivity contribution is 6.32. The predicted molar refractivity (Wildman–Crippen MR) is 485 cm³/mol. The Morgan fingerprint density at radius 3 is 1.05 bits per heavy atom. The van der Waals surface area contributed by atoms with Crippen LogP contribution in [-0.4, -0.2) is 229 Å². The highest BCUT2D eigenvalue weighted by atomic mass is 28.2. The van der Waals surface area contributed by atoms with E-state index in [1.807, 2.05) is 0 Å². The Morgan fingerprint density at radius 1 is 0.336 bits per heavy atom. The third kappa shape index (κ3) is 25.3. The van der Waals surface area contributed by atoms with Gasteiger partial charge in [-0.1, -0.05) is 155 Å². The van der Waals surface area contributed by atoms with Crippen molar-refractivity contribution in [2.45, 2.75) is 205 Å². The highest BCUT2D eigenvalue weighted by Gasteiger charge is 2.50. The second-order valence-corrected chi connectivity index (χ2v) is 47.0. The molecule has 14 nitrogen and oxygen atoms in total. The van der Waals surface area contributed by atoms with Gasteiger partial charge in [-0.15, -0.1) is 0 Å². The zero-order valence-corrected chi connectivity index (χ0v) is 87.1. The molecule has 17 rings (SSSR count). The normalized spacial score (nSPS) is 29.4. The topological polar surface area (TPSA) is 129 Å². The van der Waals surface area contributed by atoms with E-state index < -0.39 is 0 Å². The number of ether oxygens (including phenoxy) is 14. The summed E-state index contributed by atoms with van der Waals surface area (Å²) in [4.78, 5) is 0. The molecule has 7 saturated heterocycles. The lowest BCUT2D eigenvalue weighted by molar-refractivity contribution is -0.164. The zero-order valence-electron chi connectivity index (χ0n) is 73.1. The molecule has 634 valence electrons. The van der Waals surface area contributed by atoms with Gasteiger partial charge < -0.3 is 66.3 Å². The molecular formula is C92H154O14Si7. The van der Waals surface area contributed by atoms with Crippen molar-refractivity contribution in [2.24, 2.45) is 79.3 Å². The summed E-state index contributed by atoms with van der Waals surface area (Å²) >= 11 is 0. The van der Waals surface area contributed by atoms with Crippen LogP contribution in [0.4, 0.5) is 0 Å². The monoisotopic (exact) mass is 1680 g/mol. The van der Waals surface area contributed by atoms with Crippen molar-refractivity contribution in [2.75, 3.05) is 145 Å². The lowest BCUT2D eigenvalue weighted by Gasteiger charge is -2.42. The van der Waals surface area contributed by atoms with E-state index in [1.165, 1.54) is 167 Å². The fourth-order valence-corrected chi connectivity index (χ4v) is 25.0. The molecule has 113 heavy (non-hydrogen) atoms. The molecule has 4 aromatic carbocycles. The summed E-state index contributed by atoms with van der Waals surface area (Å²) in [6.07, 6.45) is 23.7. The SMILES string of the molecule is CCC1(COC2CC3CC([SiH3])C2C3)COC1.CCC1(COC2CC3CC2CC3[SiH3])COC1.CCC1(COCC2CC3CC([SiH3])C2C3)COC1.CCC1(COCc2ccc([SiH3])cc2)COC1.CCC1(COc2ccc(CC[SiH3])cc2)COC1.CCC1(COc2ccc(C[SiH3])cc2)COC1.CCC1(COc2ccc([SiH3])cc2)COC1. The number of hydrogen-bond donors (Lipinski definition) is 0. The Morgan fingerprint density at radius 2 is 0.699 bits per heavy atom. The van der Waals surface area contributed by atoms with Gasteiger partial charge in [-0.25, -0.2) is 0 Å². The Bertz CT molecular complexity index is 3320. The summed E-state index contributed by atoms with van der Waals surface area (Å²) in [7, 11) is 8.90. The minimum absolute atomic E-state index is 0.272. The lowest BCUT2D eigenvalue weighted by atomic mass is 9.84. The van der Waals surface area contributed by atoms with Gasteiger partial charge in [-0.2, -0.15) is 0 Å². The van der Waals surface area contributed by atoms with Crippen molar-refractivity contribution in [3.63, 3.8) is 0 Å². The first-order valence-corrected chi connectivity index (χ1v) is 53.6. The van der Waals surface area contributed by atoms with Crippen LogP contribution in [-0.2, 0) is 71.2 Å². The number of fused-ring (bicyclic) bond motifs is 6. The van der Waals surface area contributed by atoms with Gasteiger partial charge in [0.05, 0.1) is 174 Å². The number of rotatable bonds is 33. The maximum absolute atomic E-state index is 6.25. The van der Waals surface area contributed by atoms with Crippen LogP contribution < -0.4 is 24.6 Å². The van der Waals surface area contributed by atoms with Crippen molar-refractivity contribution >= 4 is 82.1 Å². The molecule has 7 aliphatic heterocycles. The summed E-state index contributed by atoms with van der Waals surface area (Å²) < 4.78 is 79.0. The molecule has 13 fully saturated rings. The summed E-state index contributed by atoms with van der Waals surface area (Å²) in [6, 6.07) is 36.7. The van der Waals surface area contributed by atoms with Gasteiger partial charge in [0.2, 0.25) is 0 Å². The van der Waals surface area contributed by atoms with Crippen molar-refractivity contribution in [1.82, 2.24) is 0 Å². The molecule has 12 atom stereocenters. The molecule has 6 aliphatic carbocycles. The summed E-state index contributed by atoms with van der Waals surface area (Å²) in [5.74, 6) is 9.80. The second kappa shape index (κ2) is 43.7. The first kappa shape index (κ1) is 91.1. The number of benzene rings is 4. The Labute approximate surface area is 704 Å². The third-order valence-electron chi connectivity index (χ3n) is 29.7. The molecular weight excluding hydrogens is 1530 g/mol. The van der Waals surface area contributed by atoms with Gasteiger partial charge in [-0.3, -0.25) is 0 Å². The van der Waals surface area contributed by atoms with Gasteiger partial charge in [0.1, 0.15) is 17.2 Å². The summed E-state index contributed by atoms with van der Waals surface area (Å²) in [6.45, 7) is 35.7. The van der Waals surface area contributed by atoms with Gasteiger partial charge in [-0.05, 0) is 197 Å². The van der Waals surface area contributed by atoms with Crippen molar-refractivity contribution < 1.29 is 66.3 Å². The summed E-state index contributed by atoms with van der Waals surface area (Å²) in [5, 5.41) is 2.83. The third-order valence-corrected chi connectivity index (χ3v) is 36.4. The van der Waals surface area contributed by atoms with E-state index in [2.05, 4.69) is 146 Å². The maximum Gasteiger partial charge on any atom is 0.119 e. The highest BCUT2D eigenvalue weighted by Crippen LogP contribution is 2.55. The van der Waals surface area contributed by atoms with Crippen LogP contribution in [0.15, 0.2) is 97.1 Å². The van der Waals surface area contributed by atoms with Crippen LogP contribution in [0, 0.1) is 79.3 Å². The first-order valence-electron chi connectivity index (χ1n) is 45.3. The van der Waals surface area contributed by atoms with E-state index in [0.717, 1.165) is 273 Å². The van der Waals surface area contributed by atoms with E-state index in [-0.39, 0.29) is 16.2 Å². The fourth-order valence-electron chi connectivity index (χ4n) is 19.3. The van der Waals surface area contributed by atoms with E-state index in [1.54, 1.807) is 6.42 Å². The molecule has 0 N–H and O–H groups in total. The molecule has 6 bridgehead atoms. The van der Waals surface area contributed by atoms with Crippen molar-refractivity contribution in [3.05, 3.63) is 114 Å². The van der Waals surface area contributed by atoms with Gasteiger partial charge >= 0.3 is 0 Å². The second-order valence-electron chi connectivity index (χ2n) is 38.6. The smallest absolute Gasteiger partial charge is 0.119 e. The average Bonchev–Trinajstić information content (AvgIpc) is 1.65. The van der Waals surface area contributed by atoms with Crippen LogP contribution >= 0.6 is 0 Å². The van der Waals surface area contributed by atoms with E-state index >= 15 is 0 Å². The van der Waals surface area contributed by atoms with Gasteiger partial charge in [0.15, 0.2) is 0 Å². The van der Waals surface area contributed by atoms with Gasteiger partial charge in [0.25, 0.3) is 0 Å². The molecule has 0 radical (unpaired) electrons. The molecule has 0 aromatic heterocycles. The molecule has 13 aliphatic rings. The average molecular weight is 1680 g/mol. The molecule has 0 amide bonds. The minimum Gasteiger partial charge on any atom is -0.493 e. The molecule has 21 heteroatoms. The van der Waals surface area contributed by atoms with E-state index in [4.69, 9.17) is 66.3 Å². The Kier molecular flexibility index (Phi) is 35.3. The predicted octanol–water partition coefficient (Wildman–Crippen LogP) is 8.67. The largest absolute Gasteiger partial charge is 0.493 e. The zero-order chi connectivity index (χ0) is 80.0. The molecule has 4 aromatic rings. The first-order chi connectivity index (χ1) is 54.7. The fraction of sp³-hybridized carbons (Fsp3) is 0.739. The molecule has 0 spiro atoms. The summed E-state index contributed by atoms with van der Waals surface area (Å²) in [5.41, 5.74) is 9.58. The molecule has 7 heterocycles. The molecule has 6 saturated carbocycles. The van der Waals surface area contributed by atoms with Crippen LogP contribution in [0.5, 0.6) is 17.2 Å². The standard InChI is InChI=1S/C14H26O2Si.C14H22O2Si.2C13H24O2Si.2C13H20O2Si.C12H18O2Si/c1-2-14(8-16-9-14)7-15-6-11-3-10-4-12(11)13(17)5-10;1-2-14(9-15-10-14)11-16-13-5-3-12(4-6-13)7-8-17;1-2-13(6-14-7-13)8-15-11-4-10-3-9(11)5-12(10)16;1-2-13(6-14-7-13)8-15-11-4-9-3-10(11)12(16)5-9;1-2-13(8-14-9-13)10-15-12-5-3-11(7-16)4-6-12;1-2-13(9-15-10-13)8-14-7-11-3-5-12(16)6-4-11;1-2-12(7-13-8-12)9-14-10-3-5-11(15)6-4-10/h10-13H,2-9H2,1,17H3;3-6H,2,7-11H2,1,17H3;2*9-12H,2-8H2,1,16H3;2*3-6H,2,7-10H2,1,16H3;3-6H,2,7-9H2,1,15H3. The lowest BCUT2D eigenvalue weighted by Crippen LogP contribution is -2.47. The maximum atomic E-state index is 6.25. The van der Waals surface area contributed by atoms with Crippen LogP contribution in [0.2, 0.25) is 22.7 Å². The minimum atomic E-state index is 0.272. The van der Waals surface area contributed by atoms with Crippen molar-refractivity contribution in [1.29, 1.82) is 0 Å². The number of hydrogen-bond acceptors (Lipinski definition) is 14. The van der Waals surface area contributed by atoms with E-state index in [9.17, 15) is 0 Å². The quantitative estimate of drug-likeness (QED) is 0.0422.